The molecule has 1 aromatic carbocycles. The Bertz CT molecular complexity index is 832. The van der Waals surface area contributed by atoms with Crippen molar-refractivity contribution in [3.8, 4) is 0 Å². The van der Waals surface area contributed by atoms with E-state index < -0.39 is 0 Å². The van der Waals surface area contributed by atoms with E-state index >= 15 is 0 Å². The fraction of sp³-hybridized carbons (Fsp3) is 0.455. The molecule has 0 unspecified atom stereocenters. The first-order valence-corrected chi connectivity index (χ1v) is 10.6. The number of guanidine groups is 1. The highest BCUT2D eigenvalue weighted by Gasteiger charge is 2.21. The number of aliphatic imine (C=N–C) groups is 1. The van der Waals surface area contributed by atoms with E-state index in [1.54, 1.807) is 12.4 Å². The van der Waals surface area contributed by atoms with Crippen LogP contribution in [0.4, 0.5) is 5.95 Å². The molecule has 30 heavy (non-hydrogen) atoms. The summed E-state index contributed by atoms with van der Waals surface area (Å²) in [5, 5.41) is 6.31. The van der Waals surface area contributed by atoms with E-state index in [-0.39, 0.29) is 5.91 Å². The van der Waals surface area contributed by atoms with Crippen LogP contribution in [-0.2, 0) is 6.54 Å². The molecular weight excluding hydrogens is 378 g/mol. The first-order chi connectivity index (χ1) is 14.7. The van der Waals surface area contributed by atoms with Gasteiger partial charge in [0.15, 0.2) is 5.96 Å². The highest BCUT2D eigenvalue weighted by atomic mass is 16.1. The van der Waals surface area contributed by atoms with Gasteiger partial charge in [0.1, 0.15) is 0 Å². The molecule has 1 saturated heterocycles. The molecule has 0 aliphatic carbocycles. The molecular formula is C22H31N7O. The average Bonchev–Trinajstić information content (AvgIpc) is 2.81. The van der Waals surface area contributed by atoms with Crippen molar-refractivity contribution in [1.29, 1.82) is 0 Å². The van der Waals surface area contributed by atoms with E-state index in [0.29, 0.717) is 18.7 Å². The van der Waals surface area contributed by atoms with Crippen LogP contribution in [0.2, 0.25) is 0 Å². The highest BCUT2D eigenvalue weighted by molar-refractivity contribution is 5.94. The lowest BCUT2D eigenvalue weighted by Gasteiger charge is -2.36. The number of nitrogens with zero attached hydrogens (tertiary/aromatic N) is 5. The summed E-state index contributed by atoms with van der Waals surface area (Å²) < 4.78 is 0. The summed E-state index contributed by atoms with van der Waals surface area (Å²) in [6, 6.07) is 9.51. The molecule has 1 aliphatic heterocycles. The van der Waals surface area contributed by atoms with Gasteiger partial charge in [0.2, 0.25) is 5.95 Å². The van der Waals surface area contributed by atoms with Crippen molar-refractivity contribution in [2.75, 3.05) is 44.2 Å². The molecule has 8 nitrogen and oxygen atoms in total. The second kappa shape index (κ2) is 11.1. The zero-order valence-corrected chi connectivity index (χ0v) is 17.8. The van der Waals surface area contributed by atoms with Gasteiger partial charge in [0.05, 0.1) is 6.54 Å². The Balaban J connectivity index is 1.62. The molecule has 0 spiro atoms. The minimum atomic E-state index is -0.0335. The maximum absolute atomic E-state index is 12.2. The molecule has 1 fully saturated rings. The third kappa shape index (κ3) is 5.92. The van der Waals surface area contributed by atoms with Gasteiger partial charge in [-0.15, -0.1) is 0 Å². The normalized spacial score (nSPS) is 14.5. The first-order valence-electron chi connectivity index (χ1n) is 10.6. The number of carbonyl (C=O) groups excluding carboxylic acids is 1. The molecule has 0 bridgehead atoms. The molecule has 0 atom stereocenters. The lowest BCUT2D eigenvalue weighted by Crippen LogP contribution is -2.52. The van der Waals surface area contributed by atoms with Gasteiger partial charge < -0.3 is 20.4 Å². The molecule has 2 aromatic rings. The number of anilines is 1. The van der Waals surface area contributed by atoms with Gasteiger partial charge in [-0.1, -0.05) is 19.1 Å². The summed E-state index contributed by atoms with van der Waals surface area (Å²) >= 11 is 0. The van der Waals surface area contributed by atoms with Gasteiger partial charge in [-0.25, -0.2) is 15.0 Å². The summed E-state index contributed by atoms with van der Waals surface area (Å²) in [6.07, 6.45) is 4.47. The quantitative estimate of drug-likeness (QED) is 0.537. The van der Waals surface area contributed by atoms with Crippen molar-refractivity contribution in [1.82, 2.24) is 25.5 Å². The van der Waals surface area contributed by atoms with Crippen molar-refractivity contribution in [3.63, 3.8) is 0 Å². The number of piperazine rings is 1. The third-order valence-corrected chi connectivity index (χ3v) is 4.89. The molecule has 1 aliphatic rings. The van der Waals surface area contributed by atoms with Crippen LogP contribution in [0.3, 0.4) is 0 Å². The lowest BCUT2D eigenvalue weighted by atomic mass is 10.1. The summed E-state index contributed by atoms with van der Waals surface area (Å²) in [5.74, 6) is 1.64. The topological polar surface area (TPSA) is 85.8 Å². The number of hydrogen-bond donors (Lipinski definition) is 2. The molecule has 3 rings (SSSR count). The fourth-order valence-corrected chi connectivity index (χ4v) is 3.32. The Kier molecular flexibility index (Phi) is 8.00. The largest absolute Gasteiger partial charge is 0.357 e. The third-order valence-electron chi connectivity index (χ3n) is 4.89. The zero-order valence-electron chi connectivity index (χ0n) is 17.8. The average molecular weight is 410 g/mol. The summed E-state index contributed by atoms with van der Waals surface area (Å²) in [4.78, 5) is 30.2. The van der Waals surface area contributed by atoms with Gasteiger partial charge >= 0.3 is 0 Å². The van der Waals surface area contributed by atoms with E-state index in [1.165, 1.54) is 0 Å². The minimum absolute atomic E-state index is 0.0335. The van der Waals surface area contributed by atoms with Crippen LogP contribution in [0.5, 0.6) is 0 Å². The maximum atomic E-state index is 12.2. The lowest BCUT2D eigenvalue weighted by molar-refractivity contribution is 0.0953. The molecule has 160 valence electrons. The second-order valence-electron chi connectivity index (χ2n) is 7.15. The van der Waals surface area contributed by atoms with E-state index in [4.69, 9.17) is 4.99 Å². The maximum Gasteiger partial charge on any atom is 0.251 e. The molecule has 8 heteroatoms. The smallest absolute Gasteiger partial charge is 0.251 e. The van der Waals surface area contributed by atoms with Gasteiger partial charge in [-0.05, 0) is 37.1 Å². The Morgan fingerprint density at radius 3 is 2.53 bits per heavy atom. The van der Waals surface area contributed by atoms with Crippen molar-refractivity contribution in [3.05, 3.63) is 53.9 Å². The van der Waals surface area contributed by atoms with Crippen LogP contribution in [0.1, 0.15) is 36.2 Å². The fourth-order valence-electron chi connectivity index (χ4n) is 3.32. The second-order valence-corrected chi connectivity index (χ2v) is 7.15. The number of amides is 1. The zero-order chi connectivity index (χ0) is 21.2. The van der Waals surface area contributed by atoms with Crippen molar-refractivity contribution in [2.24, 2.45) is 4.99 Å². The number of rotatable bonds is 7. The van der Waals surface area contributed by atoms with Crippen molar-refractivity contribution >= 4 is 17.8 Å². The van der Waals surface area contributed by atoms with E-state index in [2.05, 4.69) is 37.3 Å². The van der Waals surface area contributed by atoms with Crippen LogP contribution < -0.4 is 15.5 Å². The van der Waals surface area contributed by atoms with Crippen molar-refractivity contribution < 1.29 is 4.79 Å². The van der Waals surface area contributed by atoms with Crippen LogP contribution >= 0.6 is 0 Å². The summed E-state index contributed by atoms with van der Waals surface area (Å²) in [7, 11) is 0. The SMILES string of the molecule is CCCNC(=O)c1cccc(CN=C(NCC)N2CCN(c3ncccn3)CC2)c1. The van der Waals surface area contributed by atoms with Crippen LogP contribution in [0.15, 0.2) is 47.7 Å². The summed E-state index contributed by atoms with van der Waals surface area (Å²) in [5.41, 5.74) is 1.70. The van der Waals surface area contributed by atoms with E-state index in [1.807, 2.05) is 37.3 Å². The molecule has 2 N–H and O–H groups in total. The molecule has 0 radical (unpaired) electrons. The van der Waals surface area contributed by atoms with Gasteiger partial charge in [-0.2, -0.15) is 0 Å². The predicted molar refractivity (Wildman–Crippen MR) is 120 cm³/mol. The Morgan fingerprint density at radius 1 is 1.07 bits per heavy atom. The molecule has 2 heterocycles. The number of hydrogen-bond acceptors (Lipinski definition) is 5. The number of carbonyl (C=O) groups is 1. The summed E-state index contributed by atoms with van der Waals surface area (Å²) in [6.45, 7) is 9.53. The van der Waals surface area contributed by atoms with Crippen molar-refractivity contribution in [2.45, 2.75) is 26.8 Å². The Hall–Kier alpha value is -3.16. The monoisotopic (exact) mass is 409 g/mol. The van der Waals surface area contributed by atoms with E-state index in [0.717, 1.165) is 56.6 Å². The Labute approximate surface area is 178 Å². The standard InChI is InChI=1S/C22H31N7O/c1-3-9-24-20(30)19-8-5-7-18(16-19)17-27-21(23-4-2)28-12-14-29(15-13-28)22-25-10-6-11-26-22/h5-8,10-11,16H,3-4,9,12-15,17H2,1-2H3,(H,23,27)(H,24,30). The minimum Gasteiger partial charge on any atom is -0.357 e. The highest BCUT2D eigenvalue weighted by Crippen LogP contribution is 2.11. The van der Waals surface area contributed by atoms with E-state index in [9.17, 15) is 4.79 Å². The van der Waals surface area contributed by atoms with Crippen LogP contribution in [-0.4, -0.2) is 66.0 Å². The molecule has 1 aromatic heterocycles. The van der Waals surface area contributed by atoms with Gasteiger partial charge in [0.25, 0.3) is 5.91 Å². The predicted octanol–water partition coefficient (Wildman–Crippen LogP) is 1.90. The molecule has 1 amide bonds. The number of benzene rings is 1. The first kappa shape index (κ1) is 21.5. The Morgan fingerprint density at radius 2 is 1.83 bits per heavy atom. The number of nitrogens with one attached hydrogen (secondary N) is 2. The van der Waals surface area contributed by atoms with Gasteiger partial charge in [0, 0.05) is 57.2 Å². The number of aromatic nitrogens is 2. The van der Waals surface area contributed by atoms with Crippen LogP contribution in [0, 0.1) is 0 Å². The van der Waals surface area contributed by atoms with Crippen LogP contribution in [0.25, 0.3) is 0 Å². The van der Waals surface area contributed by atoms with Gasteiger partial charge in [-0.3, -0.25) is 4.79 Å². The molecule has 0 saturated carbocycles.